The summed E-state index contributed by atoms with van der Waals surface area (Å²) in [6.07, 6.45) is 6.01. The highest BCUT2D eigenvalue weighted by Gasteiger charge is 2.26. The zero-order chi connectivity index (χ0) is 19.3. The summed E-state index contributed by atoms with van der Waals surface area (Å²) in [5.41, 5.74) is 2.55. The van der Waals surface area contributed by atoms with E-state index in [1.807, 2.05) is 31.2 Å². The molecule has 0 radical (unpaired) electrons. The highest BCUT2D eigenvalue weighted by atomic mass is 32.2. The highest BCUT2D eigenvalue weighted by molar-refractivity contribution is 7.89. The van der Waals surface area contributed by atoms with E-state index < -0.39 is 10.0 Å². The van der Waals surface area contributed by atoms with Crippen LogP contribution in [0.25, 0.3) is 6.08 Å². The molecule has 0 unspecified atom stereocenters. The number of benzene rings is 2. The minimum Gasteiger partial charge on any atom is -0.322 e. The van der Waals surface area contributed by atoms with Crippen molar-refractivity contribution >= 4 is 27.7 Å². The summed E-state index contributed by atoms with van der Waals surface area (Å²) in [7, 11) is -3.52. The third-order valence-electron chi connectivity index (χ3n) is 4.56. The van der Waals surface area contributed by atoms with Crippen LogP contribution < -0.4 is 5.32 Å². The molecule has 0 atom stereocenters. The fourth-order valence-corrected chi connectivity index (χ4v) is 4.59. The van der Waals surface area contributed by atoms with E-state index in [9.17, 15) is 13.2 Å². The number of hydrogen-bond donors (Lipinski definition) is 1. The number of anilines is 1. The Morgan fingerprint density at radius 2 is 1.74 bits per heavy atom. The molecule has 3 rings (SSSR count). The molecule has 0 aromatic heterocycles. The number of carbonyl (C=O) groups excluding carboxylic acids is 1. The van der Waals surface area contributed by atoms with E-state index in [0.717, 1.165) is 30.4 Å². The number of aryl methyl sites for hydroxylation is 1. The molecule has 1 aliphatic rings. The average Bonchev–Trinajstić information content (AvgIpc) is 2.68. The number of amides is 1. The molecule has 1 heterocycles. The first-order valence-corrected chi connectivity index (χ1v) is 10.6. The maximum Gasteiger partial charge on any atom is 0.248 e. The van der Waals surface area contributed by atoms with E-state index >= 15 is 0 Å². The third-order valence-corrected chi connectivity index (χ3v) is 6.45. The van der Waals surface area contributed by atoms with Crippen molar-refractivity contribution in [2.75, 3.05) is 18.4 Å². The fourth-order valence-electron chi connectivity index (χ4n) is 3.02. The van der Waals surface area contributed by atoms with Gasteiger partial charge in [-0.25, -0.2) is 8.42 Å². The number of piperidine rings is 1. The molecule has 0 saturated carbocycles. The van der Waals surface area contributed by atoms with Gasteiger partial charge in [-0.15, -0.1) is 0 Å². The molecule has 6 heteroatoms. The zero-order valence-electron chi connectivity index (χ0n) is 15.4. The molecule has 2 aromatic rings. The second-order valence-corrected chi connectivity index (χ2v) is 8.66. The van der Waals surface area contributed by atoms with Gasteiger partial charge in [0.05, 0.1) is 4.90 Å². The topological polar surface area (TPSA) is 66.5 Å². The predicted molar refractivity (Wildman–Crippen MR) is 108 cm³/mol. The first-order chi connectivity index (χ1) is 12.9. The predicted octanol–water partition coefficient (Wildman–Crippen LogP) is 3.82. The summed E-state index contributed by atoms with van der Waals surface area (Å²) in [5.74, 6) is -0.303. The Hall–Kier alpha value is -2.44. The Labute approximate surface area is 160 Å². The number of carbonyl (C=O) groups is 1. The van der Waals surface area contributed by atoms with Crippen LogP contribution in [0.1, 0.15) is 30.4 Å². The summed E-state index contributed by atoms with van der Waals surface area (Å²) >= 11 is 0. The highest BCUT2D eigenvalue weighted by Crippen LogP contribution is 2.23. The standard InChI is InChI=1S/C21H24N2O3S/c1-17-8-10-18(11-9-17)12-13-21(24)22-19-6-5-7-20(16-19)27(25,26)23-14-3-2-4-15-23/h5-13,16H,2-4,14-15H2,1H3,(H,22,24)/b13-12+. The van der Waals surface area contributed by atoms with Crippen molar-refractivity contribution in [2.24, 2.45) is 0 Å². The number of hydrogen-bond acceptors (Lipinski definition) is 3. The van der Waals surface area contributed by atoms with Crippen molar-refractivity contribution in [1.82, 2.24) is 4.31 Å². The monoisotopic (exact) mass is 384 g/mol. The fraction of sp³-hybridized carbons (Fsp3) is 0.286. The minimum atomic E-state index is -3.52. The molecule has 0 aliphatic carbocycles. The van der Waals surface area contributed by atoms with Crippen LogP contribution in [0, 0.1) is 6.92 Å². The van der Waals surface area contributed by atoms with Gasteiger partial charge in [0.2, 0.25) is 15.9 Å². The van der Waals surface area contributed by atoms with Gasteiger partial charge in [0, 0.05) is 24.9 Å². The van der Waals surface area contributed by atoms with Gasteiger partial charge >= 0.3 is 0 Å². The van der Waals surface area contributed by atoms with Crippen LogP contribution in [0.5, 0.6) is 0 Å². The number of nitrogens with one attached hydrogen (secondary N) is 1. The molecular formula is C21H24N2O3S. The number of sulfonamides is 1. The molecule has 5 nitrogen and oxygen atoms in total. The van der Waals surface area contributed by atoms with Crippen molar-refractivity contribution < 1.29 is 13.2 Å². The van der Waals surface area contributed by atoms with Gasteiger partial charge in [-0.3, -0.25) is 4.79 Å². The van der Waals surface area contributed by atoms with Gasteiger partial charge < -0.3 is 5.32 Å². The van der Waals surface area contributed by atoms with Crippen molar-refractivity contribution in [3.05, 3.63) is 65.7 Å². The summed E-state index contributed by atoms with van der Waals surface area (Å²) in [5, 5.41) is 2.73. The van der Waals surface area contributed by atoms with Crippen LogP contribution >= 0.6 is 0 Å². The summed E-state index contributed by atoms with van der Waals surface area (Å²) in [4.78, 5) is 12.4. The van der Waals surface area contributed by atoms with E-state index in [-0.39, 0.29) is 10.8 Å². The normalized spacial score (nSPS) is 15.7. The smallest absolute Gasteiger partial charge is 0.248 e. The van der Waals surface area contributed by atoms with Crippen molar-refractivity contribution in [3.63, 3.8) is 0 Å². The zero-order valence-corrected chi connectivity index (χ0v) is 16.2. The number of rotatable bonds is 5. The second-order valence-electron chi connectivity index (χ2n) is 6.73. The van der Waals surface area contributed by atoms with E-state index in [4.69, 9.17) is 0 Å². The second kappa shape index (κ2) is 8.50. The lowest BCUT2D eigenvalue weighted by atomic mass is 10.1. The average molecular weight is 385 g/mol. The van der Waals surface area contributed by atoms with Crippen molar-refractivity contribution in [1.29, 1.82) is 0 Å². The van der Waals surface area contributed by atoms with Gasteiger partial charge in [0.25, 0.3) is 0 Å². The molecule has 1 amide bonds. The Balaban J connectivity index is 1.69. The van der Waals surface area contributed by atoms with E-state index in [0.29, 0.717) is 18.8 Å². The summed E-state index contributed by atoms with van der Waals surface area (Å²) < 4.78 is 27.0. The lowest BCUT2D eigenvalue weighted by molar-refractivity contribution is -0.111. The molecule has 2 aromatic carbocycles. The molecule has 0 bridgehead atoms. The molecule has 0 spiro atoms. The van der Waals surface area contributed by atoms with Gasteiger partial charge in [0.1, 0.15) is 0 Å². The van der Waals surface area contributed by atoms with E-state index in [1.165, 1.54) is 16.4 Å². The maximum absolute atomic E-state index is 12.8. The molecule has 1 aliphatic heterocycles. The van der Waals surface area contributed by atoms with Gasteiger partial charge in [0.15, 0.2) is 0 Å². The first kappa shape index (κ1) is 19.3. The van der Waals surface area contributed by atoms with E-state index in [2.05, 4.69) is 5.32 Å². The van der Waals surface area contributed by atoms with Crippen molar-refractivity contribution in [3.8, 4) is 0 Å². The first-order valence-electron chi connectivity index (χ1n) is 9.11. The largest absolute Gasteiger partial charge is 0.322 e. The molecule has 1 N–H and O–H groups in total. The lowest BCUT2D eigenvalue weighted by Gasteiger charge is -2.26. The quantitative estimate of drug-likeness (QED) is 0.797. The molecule has 27 heavy (non-hydrogen) atoms. The van der Waals surface area contributed by atoms with Crippen LogP contribution in [0.3, 0.4) is 0 Å². The summed E-state index contributed by atoms with van der Waals surface area (Å²) in [6.45, 7) is 3.11. The maximum atomic E-state index is 12.8. The van der Waals surface area contributed by atoms with Crippen molar-refractivity contribution in [2.45, 2.75) is 31.1 Å². The Bertz CT molecular complexity index is 928. The Morgan fingerprint density at radius 1 is 1.04 bits per heavy atom. The van der Waals surface area contributed by atoms with Crippen LogP contribution in [0.15, 0.2) is 59.5 Å². The van der Waals surface area contributed by atoms with Crippen LogP contribution in [0.2, 0.25) is 0 Å². The van der Waals surface area contributed by atoms with Crippen LogP contribution in [-0.2, 0) is 14.8 Å². The van der Waals surface area contributed by atoms with E-state index in [1.54, 1.807) is 24.3 Å². The van der Waals surface area contributed by atoms with Crippen LogP contribution in [-0.4, -0.2) is 31.7 Å². The molecule has 1 fully saturated rings. The Morgan fingerprint density at radius 3 is 2.44 bits per heavy atom. The van der Waals surface area contributed by atoms with Gasteiger partial charge in [-0.1, -0.05) is 42.3 Å². The van der Waals surface area contributed by atoms with Gasteiger partial charge in [-0.05, 0) is 49.6 Å². The number of nitrogens with zero attached hydrogens (tertiary/aromatic N) is 1. The lowest BCUT2D eigenvalue weighted by Crippen LogP contribution is -2.35. The molecule has 142 valence electrons. The molecule has 1 saturated heterocycles. The van der Waals surface area contributed by atoms with Gasteiger partial charge in [-0.2, -0.15) is 4.31 Å². The summed E-state index contributed by atoms with van der Waals surface area (Å²) in [6, 6.07) is 14.3. The third kappa shape index (κ3) is 5.05. The van der Waals surface area contributed by atoms with Crippen LogP contribution in [0.4, 0.5) is 5.69 Å². The molecular weight excluding hydrogens is 360 g/mol. The Kier molecular flexibility index (Phi) is 6.08. The minimum absolute atomic E-state index is 0.213. The SMILES string of the molecule is Cc1ccc(/C=C/C(=O)Nc2cccc(S(=O)(=O)N3CCCCC3)c2)cc1.